The molecule has 1 aromatic heterocycles. The van der Waals surface area contributed by atoms with Crippen LogP contribution in [0.4, 0.5) is 14.6 Å². The molecule has 0 spiro atoms. The number of nitrogens with zero attached hydrogens (tertiary/aromatic N) is 3. The number of hydrogen-bond donors (Lipinski definition) is 1. The van der Waals surface area contributed by atoms with E-state index >= 15 is 0 Å². The molecule has 0 unspecified atom stereocenters. The fourth-order valence-corrected chi connectivity index (χ4v) is 4.65. The Morgan fingerprint density at radius 3 is 2.52 bits per heavy atom. The number of piperidine rings is 1. The van der Waals surface area contributed by atoms with Crippen LogP contribution < -0.4 is 4.90 Å². The highest BCUT2D eigenvalue weighted by Gasteiger charge is 2.57. The summed E-state index contributed by atoms with van der Waals surface area (Å²) in [4.78, 5) is 20.4. The van der Waals surface area contributed by atoms with Crippen molar-refractivity contribution in [2.75, 3.05) is 24.2 Å². The van der Waals surface area contributed by atoms with Crippen LogP contribution >= 0.6 is 0 Å². The number of rotatable bonds is 4. The quantitative estimate of drug-likeness (QED) is 0.788. The van der Waals surface area contributed by atoms with Crippen molar-refractivity contribution in [1.82, 2.24) is 9.97 Å². The maximum Gasteiger partial charge on any atom is 0.303 e. The van der Waals surface area contributed by atoms with Gasteiger partial charge in [0.15, 0.2) is 0 Å². The molecule has 1 saturated heterocycles. The predicted octanol–water partition coefficient (Wildman–Crippen LogP) is 1.07. The first-order valence-corrected chi connectivity index (χ1v) is 9.93. The molecule has 10 heteroatoms. The van der Waals surface area contributed by atoms with E-state index in [0.717, 1.165) is 6.26 Å². The van der Waals surface area contributed by atoms with Crippen LogP contribution in [-0.4, -0.2) is 48.8 Å². The van der Waals surface area contributed by atoms with Gasteiger partial charge in [0, 0.05) is 37.8 Å². The van der Waals surface area contributed by atoms with E-state index in [4.69, 9.17) is 5.11 Å². The predicted molar refractivity (Wildman–Crippen MR) is 82.3 cm³/mol. The van der Waals surface area contributed by atoms with Crippen LogP contribution in [0.15, 0.2) is 5.16 Å². The zero-order valence-electron chi connectivity index (χ0n) is 13.4. The Balaban J connectivity index is 1.68. The first-order chi connectivity index (χ1) is 11.6. The average molecular weight is 373 g/mol. The highest BCUT2D eigenvalue weighted by molar-refractivity contribution is 7.90. The van der Waals surface area contributed by atoms with Gasteiger partial charge < -0.3 is 10.0 Å². The summed E-state index contributed by atoms with van der Waals surface area (Å²) in [6, 6.07) is 0. The van der Waals surface area contributed by atoms with Crippen LogP contribution in [0.3, 0.4) is 0 Å². The summed E-state index contributed by atoms with van der Waals surface area (Å²) in [5, 5.41) is 8.31. The number of carboxylic acids is 1. The van der Waals surface area contributed by atoms with E-state index in [1.807, 2.05) is 4.90 Å². The lowest BCUT2D eigenvalue weighted by Gasteiger charge is -2.23. The molecule has 3 aliphatic rings. The van der Waals surface area contributed by atoms with Gasteiger partial charge in [-0.1, -0.05) is 0 Å². The molecule has 2 aliphatic carbocycles. The normalized spacial score (nSPS) is 29.4. The van der Waals surface area contributed by atoms with Crippen molar-refractivity contribution in [3.05, 3.63) is 11.3 Å². The summed E-state index contributed by atoms with van der Waals surface area (Å²) in [7, 11) is -3.82. The van der Waals surface area contributed by atoms with Crippen LogP contribution in [0.5, 0.6) is 0 Å². The van der Waals surface area contributed by atoms with E-state index < -0.39 is 39.0 Å². The summed E-state index contributed by atoms with van der Waals surface area (Å²) in [5.74, 6) is -3.21. The van der Waals surface area contributed by atoms with E-state index in [1.54, 1.807) is 0 Å². The third-order valence-electron chi connectivity index (χ3n) is 5.41. The Kier molecular flexibility index (Phi) is 3.38. The van der Waals surface area contributed by atoms with Crippen molar-refractivity contribution in [3.8, 4) is 0 Å². The lowest BCUT2D eigenvalue weighted by molar-refractivity contribution is -0.137. The van der Waals surface area contributed by atoms with E-state index in [1.165, 1.54) is 0 Å². The third kappa shape index (κ3) is 2.66. The highest BCUT2D eigenvalue weighted by atomic mass is 32.2. The minimum atomic E-state index is -3.82. The van der Waals surface area contributed by atoms with Gasteiger partial charge in [-0.05, 0) is 24.2 Å². The minimum Gasteiger partial charge on any atom is -0.481 e. The molecule has 3 atom stereocenters. The third-order valence-corrected chi connectivity index (χ3v) is 6.26. The molecule has 1 aliphatic heterocycles. The largest absolute Gasteiger partial charge is 0.481 e. The molecular formula is C15H17F2N3O4S. The monoisotopic (exact) mass is 373 g/mol. The molecule has 0 bridgehead atoms. The second kappa shape index (κ2) is 5.09. The second-order valence-corrected chi connectivity index (χ2v) is 9.04. The lowest BCUT2D eigenvalue weighted by atomic mass is 10.1. The van der Waals surface area contributed by atoms with Crippen molar-refractivity contribution in [2.45, 2.75) is 30.3 Å². The Morgan fingerprint density at radius 2 is 1.96 bits per heavy atom. The van der Waals surface area contributed by atoms with Gasteiger partial charge in [-0.25, -0.2) is 18.4 Å². The van der Waals surface area contributed by atoms with Crippen molar-refractivity contribution in [3.63, 3.8) is 0 Å². The van der Waals surface area contributed by atoms with Crippen molar-refractivity contribution < 1.29 is 27.1 Å². The molecule has 1 saturated carbocycles. The number of hydrogen-bond acceptors (Lipinski definition) is 6. The summed E-state index contributed by atoms with van der Waals surface area (Å²) < 4.78 is 51.8. The SMILES string of the molecule is CS(=O)(=O)c1nc(N2C[C@@H]3[C@@H](CC(=O)O)[C@@H]3C2)c2c(n1)C(F)(F)CC2. The molecule has 0 amide bonds. The Morgan fingerprint density at radius 1 is 1.32 bits per heavy atom. The molecule has 2 fully saturated rings. The first kappa shape index (κ1) is 16.6. The molecule has 0 radical (unpaired) electrons. The van der Waals surface area contributed by atoms with Crippen LogP contribution in [0.2, 0.25) is 0 Å². The smallest absolute Gasteiger partial charge is 0.303 e. The van der Waals surface area contributed by atoms with Crippen LogP contribution in [0, 0.1) is 17.8 Å². The first-order valence-electron chi connectivity index (χ1n) is 8.04. The molecular weight excluding hydrogens is 356 g/mol. The van der Waals surface area contributed by atoms with Crippen molar-refractivity contribution in [1.29, 1.82) is 0 Å². The summed E-state index contributed by atoms with van der Waals surface area (Å²) >= 11 is 0. The van der Waals surface area contributed by atoms with Gasteiger partial charge in [-0.2, -0.15) is 8.78 Å². The number of anilines is 1. The van der Waals surface area contributed by atoms with Crippen molar-refractivity contribution >= 4 is 21.6 Å². The van der Waals surface area contributed by atoms with Gasteiger partial charge in [0.2, 0.25) is 15.0 Å². The Bertz CT molecular complexity index is 862. The molecule has 2 heterocycles. The Hall–Kier alpha value is -1.84. The number of aliphatic carboxylic acids is 1. The van der Waals surface area contributed by atoms with E-state index in [2.05, 4.69) is 9.97 Å². The number of carbonyl (C=O) groups is 1. The number of alkyl halides is 2. The Labute approximate surface area is 143 Å². The topological polar surface area (TPSA) is 100 Å². The number of sulfone groups is 1. The van der Waals surface area contributed by atoms with Gasteiger partial charge in [0.05, 0.1) is 0 Å². The molecule has 1 aromatic rings. The zero-order chi connectivity index (χ0) is 18.1. The van der Waals surface area contributed by atoms with Gasteiger partial charge in [-0.3, -0.25) is 4.79 Å². The summed E-state index contributed by atoms with van der Waals surface area (Å²) in [6.45, 7) is 1.03. The van der Waals surface area contributed by atoms with Gasteiger partial charge in [0.1, 0.15) is 11.5 Å². The van der Waals surface area contributed by atoms with Crippen molar-refractivity contribution in [2.24, 2.45) is 17.8 Å². The number of carboxylic acid groups (broad SMARTS) is 1. The average Bonchev–Trinajstić information content (AvgIpc) is 2.85. The molecule has 136 valence electrons. The zero-order valence-corrected chi connectivity index (χ0v) is 14.3. The van der Waals surface area contributed by atoms with E-state index in [-0.39, 0.29) is 36.4 Å². The fourth-order valence-electron chi connectivity index (χ4n) is 4.14. The summed E-state index contributed by atoms with van der Waals surface area (Å²) in [5.41, 5.74) is -0.172. The lowest BCUT2D eigenvalue weighted by Crippen LogP contribution is -2.28. The van der Waals surface area contributed by atoms with Gasteiger partial charge in [-0.15, -0.1) is 0 Å². The molecule has 1 N–H and O–H groups in total. The second-order valence-electron chi connectivity index (χ2n) is 7.13. The summed E-state index contributed by atoms with van der Waals surface area (Å²) in [6.07, 6.45) is 0.708. The fraction of sp³-hybridized carbons (Fsp3) is 0.667. The standard InChI is InChI=1S/C15H17F2N3O4S/c1-25(23,24)14-18-12-7(2-3-15(12,16)17)13(19-14)20-5-9-8(4-11(21)22)10(9)6-20/h8-10H,2-6H2,1H3,(H,21,22)/t8-,9-,10+. The van der Waals surface area contributed by atoms with Crippen LogP contribution in [-0.2, 0) is 27.0 Å². The van der Waals surface area contributed by atoms with Crippen LogP contribution in [0.1, 0.15) is 24.1 Å². The van der Waals surface area contributed by atoms with E-state index in [0.29, 0.717) is 18.7 Å². The van der Waals surface area contributed by atoms with Gasteiger partial charge in [0.25, 0.3) is 5.92 Å². The molecule has 4 rings (SSSR count). The molecule has 25 heavy (non-hydrogen) atoms. The molecule has 0 aromatic carbocycles. The van der Waals surface area contributed by atoms with E-state index in [9.17, 15) is 22.0 Å². The number of halogens is 2. The maximum absolute atomic E-state index is 14.1. The number of fused-ring (bicyclic) bond motifs is 2. The van der Waals surface area contributed by atoms with Crippen LogP contribution in [0.25, 0.3) is 0 Å². The number of aromatic nitrogens is 2. The highest BCUT2D eigenvalue weighted by Crippen LogP contribution is 2.55. The van der Waals surface area contributed by atoms with Gasteiger partial charge >= 0.3 is 5.97 Å². The minimum absolute atomic E-state index is 0.103. The maximum atomic E-state index is 14.1. The molecule has 7 nitrogen and oxygen atoms in total.